The van der Waals surface area contributed by atoms with Gasteiger partial charge in [0.1, 0.15) is 23.3 Å². The molecule has 4 aliphatic rings. The number of ether oxygens (including phenoxy) is 3. The van der Waals surface area contributed by atoms with Gasteiger partial charge in [-0.1, -0.05) is 0 Å². The highest BCUT2D eigenvalue weighted by atomic mass is 16.5. The van der Waals surface area contributed by atoms with Gasteiger partial charge < -0.3 is 29.8 Å². The molecule has 0 radical (unpaired) electrons. The molecule has 3 N–H and O–H groups in total. The summed E-state index contributed by atoms with van der Waals surface area (Å²) in [7, 11) is 3.35. The first kappa shape index (κ1) is 22.0. The van der Waals surface area contributed by atoms with Gasteiger partial charge in [0.15, 0.2) is 5.65 Å². The lowest BCUT2D eigenvalue weighted by Gasteiger charge is -2.35. The molecule has 0 aromatic carbocycles. The van der Waals surface area contributed by atoms with Gasteiger partial charge in [-0.15, -0.1) is 0 Å². The Kier molecular flexibility index (Phi) is 5.39. The number of carbonyl (C=O) groups excluding carboxylic acids is 1. The second kappa shape index (κ2) is 8.59. The van der Waals surface area contributed by atoms with Crippen LogP contribution in [0, 0.1) is 0 Å². The maximum atomic E-state index is 13.0. The van der Waals surface area contributed by atoms with Crippen LogP contribution in [-0.2, 0) is 14.2 Å². The molecule has 4 atom stereocenters. The van der Waals surface area contributed by atoms with Crippen molar-refractivity contribution in [1.29, 1.82) is 0 Å². The van der Waals surface area contributed by atoms with Crippen molar-refractivity contribution in [1.82, 2.24) is 29.5 Å². The van der Waals surface area contributed by atoms with Crippen LogP contribution in [0.2, 0.25) is 0 Å². The first-order valence-corrected chi connectivity index (χ1v) is 11.6. The smallest absolute Gasteiger partial charge is 0.257 e. The lowest BCUT2D eigenvalue weighted by molar-refractivity contribution is 0.00732. The maximum absolute atomic E-state index is 13.0. The summed E-state index contributed by atoms with van der Waals surface area (Å²) < 4.78 is 20.2. The highest BCUT2D eigenvalue weighted by molar-refractivity contribution is 6.00. The number of hydrogen-bond donors (Lipinski definition) is 2. The SMILES string of the molecule is CO[C@H]1COC[C@@H]1n1cccc2c(-c3cc(N)n4ncc(C(=O)N[C@@H]5CC[C@H]5OC)c4n3)cnc1-2. The van der Waals surface area contributed by atoms with Gasteiger partial charge in [0.05, 0.1) is 43.3 Å². The van der Waals surface area contributed by atoms with E-state index in [4.69, 9.17) is 29.9 Å². The summed E-state index contributed by atoms with van der Waals surface area (Å²) in [6, 6.07) is 5.73. The second-order valence-corrected chi connectivity index (χ2v) is 8.99. The van der Waals surface area contributed by atoms with Crippen molar-refractivity contribution in [2.45, 2.75) is 37.1 Å². The first-order chi connectivity index (χ1) is 17.1. The molecule has 1 saturated carbocycles. The lowest BCUT2D eigenvalue weighted by atomic mass is 9.89. The number of amides is 1. The van der Waals surface area contributed by atoms with E-state index in [1.807, 2.05) is 18.3 Å². The fourth-order valence-corrected chi connectivity index (χ4v) is 4.98. The highest BCUT2D eigenvalue weighted by Gasteiger charge is 2.34. The summed E-state index contributed by atoms with van der Waals surface area (Å²) in [6.07, 6.45) is 7.07. The summed E-state index contributed by atoms with van der Waals surface area (Å²) >= 11 is 0. The highest BCUT2D eigenvalue weighted by Crippen LogP contribution is 2.36. The monoisotopic (exact) mass is 477 g/mol. The van der Waals surface area contributed by atoms with E-state index in [-0.39, 0.29) is 30.2 Å². The summed E-state index contributed by atoms with van der Waals surface area (Å²) in [6.45, 7) is 1.10. The van der Waals surface area contributed by atoms with E-state index in [9.17, 15) is 4.79 Å². The number of nitrogens with two attached hydrogens (primary N) is 1. The maximum Gasteiger partial charge on any atom is 0.257 e. The Hall–Kier alpha value is -3.54. The van der Waals surface area contributed by atoms with Crippen LogP contribution < -0.4 is 11.1 Å². The Balaban J connectivity index is 1.36. The third-order valence-electron chi connectivity index (χ3n) is 7.11. The average Bonchev–Trinajstić information content (AvgIpc) is 3.59. The minimum atomic E-state index is -0.244. The molecule has 35 heavy (non-hydrogen) atoms. The third kappa shape index (κ3) is 3.54. The van der Waals surface area contributed by atoms with Crippen LogP contribution in [0.4, 0.5) is 5.82 Å². The van der Waals surface area contributed by atoms with Crippen molar-refractivity contribution in [3.05, 3.63) is 42.4 Å². The molecular weight excluding hydrogens is 450 g/mol. The van der Waals surface area contributed by atoms with Crippen molar-refractivity contribution in [2.75, 3.05) is 33.2 Å². The quantitative estimate of drug-likeness (QED) is 0.430. The molecule has 0 unspecified atom stereocenters. The molecule has 2 aromatic heterocycles. The molecule has 182 valence electrons. The summed E-state index contributed by atoms with van der Waals surface area (Å²) in [5.41, 5.74) is 9.45. The molecule has 2 fully saturated rings. The number of nitrogen functional groups attached to an aromatic ring is 1. The van der Waals surface area contributed by atoms with Crippen LogP contribution in [0.5, 0.6) is 0 Å². The van der Waals surface area contributed by atoms with E-state index in [0.29, 0.717) is 35.9 Å². The number of fused-ring (bicyclic) bond motifs is 2. The number of methoxy groups -OCH3 is 2. The van der Waals surface area contributed by atoms with Crippen molar-refractivity contribution in [2.24, 2.45) is 0 Å². The van der Waals surface area contributed by atoms with E-state index in [1.165, 1.54) is 10.7 Å². The Labute approximate surface area is 201 Å². The van der Waals surface area contributed by atoms with Gasteiger partial charge in [-0.25, -0.2) is 9.97 Å². The molecule has 3 aliphatic heterocycles. The predicted octanol–water partition coefficient (Wildman–Crippen LogP) is 1.77. The topological polar surface area (TPSA) is 131 Å². The number of rotatable bonds is 6. The summed E-state index contributed by atoms with van der Waals surface area (Å²) in [4.78, 5) is 22.5. The molecule has 6 rings (SSSR count). The van der Waals surface area contributed by atoms with Gasteiger partial charge in [-0.3, -0.25) is 4.79 Å². The largest absolute Gasteiger partial charge is 0.384 e. The fourth-order valence-electron chi connectivity index (χ4n) is 4.98. The van der Waals surface area contributed by atoms with E-state index in [0.717, 1.165) is 29.8 Å². The van der Waals surface area contributed by atoms with E-state index < -0.39 is 0 Å². The van der Waals surface area contributed by atoms with Crippen LogP contribution in [0.15, 0.2) is 36.8 Å². The molecule has 11 heteroatoms. The summed E-state index contributed by atoms with van der Waals surface area (Å²) in [5, 5.41) is 7.31. The third-order valence-corrected chi connectivity index (χ3v) is 7.11. The zero-order valence-corrected chi connectivity index (χ0v) is 19.5. The number of nitrogens with zero attached hydrogens (tertiary/aromatic N) is 5. The molecule has 0 bridgehead atoms. The predicted molar refractivity (Wildman–Crippen MR) is 127 cm³/mol. The van der Waals surface area contributed by atoms with Gasteiger partial charge >= 0.3 is 0 Å². The lowest BCUT2D eigenvalue weighted by Crippen LogP contribution is -2.51. The van der Waals surface area contributed by atoms with Crippen molar-refractivity contribution in [3.8, 4) is 22.6 Å². The van der Waals surface area contributed by atoms with Gasteiger partial charge in [0.25, 0.3) is 5.91 Å². The van der Waals surface area contributed by atoms with Crippen molar-refractivity contribution >= 4 is 17.4 Å². The molecule has 5 heterocycles. The zero-order chi connectivity index (χ0) is 24.1. The van der Waals surface area contributed by atoms with E-state index in [1.54, 1.807) is 26.5 Å². The van der Waals surface area contributed by atoms with Gasteiger partial charge in [0.2, 0.25) is 0 Å². The first-order valence-electron chi connectivity index (χ1n) is 11.6. The molecule has 1 amide bonds. The number of nitrogens with one attached hydrogen (secondary N) is 1. The van der Waals surface area contributed by atoms with Crippen molar-refractivity contribution in [3.63, 3.8) is 0 Å². The Bertz CT molecular complexity index is 1360. The molecule has 0 spiro atoms. The molecular formula is C24H27N7O4. The van der Waals surface area contributed by atoms with Gasteiger partial charge in [-0.2, -0.15) is 9.61 Å². The van der Waals surface area contributed by atoms with Crippen LogP contribution in [0.3, 0.4) is 0 Å². The van der Waals surface area contributed by atoms with Crippen LogP contribution in [0.25, 0.3) is 28.3 Å². The standard InChI is InChI=1S/C24H27N7O4/c1-33-19-6-5-16(19)29-24(32)15-10-27-31-21(25)8-17(28-23(15)31)14-9-26-22-13(14)4-3-7-30(22)18-11-35-12-20(18)34-2/h3-4,7-10,16,18-20H,5-6,11-12,25H2,1-2H3,(H,29,32)/t16-,18+,19-,20+/m1/s1. The van der Waals surface area contributed by atoms with E-state index >= 15 is 0 Å². The van der Waals surface area contributed by atoms with Crippen molar-refractivity contribution < 1.29 is 19.0 Å². The molecule has 11 nitrogen and oxygen atoms in total. The molecule has 1 saturated heterocycles. The Morgan fingerprint density at radius 2 is 2.03 bits per heavy atom. The fraction of sp³-hybridized carbons (Fsp3) is 0.417. The van der Waals surface area contributed by atoms with E-state index in [2.05, 4.69) is 15.0 Å². The number of carbonyl (C=O) groups is 1. The Morgan fingerprint density at radius 1 is 1.17 bits per heavy atom. The summed E-state index contributed by atoms with van der Waals surface area (Å²) in [5.74, 6) is 0.942. The Morgan fingerprint density at radius 3 is 2.80 bits per heavy atom. The number of pyridine rings is 1. The number of aromatic nitrogens is 5. The minimum Gasteiger partial charge on any atom is -0.384 e. The minimum absolute atomic E-state index is 0.0165. The van der Waals surface area contributed by atoms with Crippen LogP contribution >= 0.6 is 0 Å². The van der Waals surface area contributed by atoms with Gasteiger partial charge in [0, 0.05) is 43.8 Å². The number of anilines is 1. The second-order valence-electron chi connectivity index (χ2n) is 8.99. The zero-order valence-electron chi connectivity index (χ0n) is 19.5. The number of hydrogen-bond acceptors (Lipinski definition) is 8. The molecule has 2 aromatic rings. The average molecular weight is 478 g/mol. The van der Waals surface area contributed by atoms with Crippen LogP contribution in [0.1, 0.15) is 29.2 Å². The molecule has 1 aliphatic carbocycles. The normalized spacial score (nSPS) is 24.2. The van der Waals surface area contributed by atoms with Crippen LogP contribution in [-0.4, -0.2) is 75.7 Å². The van der Waals surface area contributed by atoms with Gasteiger partial charge in [-0.05, 0) is 25.0 Å².